The highest BCUT2D eigenvalue weighted by atomic mass is 32.2. The van der Waals surface area contributed by atoms with Crippen LogP contribution in [0.5, 0.6) is 0 Å². The van der Waals surface area contributed by atoms with Crippen molar-refractivity contribution >= 4 is 33.2 Å². The fourth-order valence-electron chi connectivity index (χ4n) is 4.54. The second-order valence-electron chi connectivity index (χ2n) is 8.60. The predicted molar refractivity (Wildman–Crippen MR) is 124 cm³/mol. The number of hydrogen-bond donors (Lipinski definition) is 1. The normalized spacial score (nSPS) is 19.0. The van der Waals surface area contributed by atoms with Crippen LogP contribution in [0.2, 0.25) is 0 Å². The number of rotatable bonds is 4. The lowest BCUT2D eigenvalue weighted by Crippen LogP contribution is -2.44. The third-order valence-corrected chi connectivity index (χ3v) is 8.39. The molecule has 0 saturated carbocycles. The van der Waals surface area contributed by atoms with Gasteiger partial charge >= 0.3 is 0 Å². The summed E-state index contributed by atoms with van der Waals surface area (Å²) < 4.78 is 27.7. The van der Waals surface area contributed by atoms with E-state index in [2.05, 4.69) is 5.32 Å². The Morgan fingerprint density at radius 3 is 2.44 bits per heavy atom. The molecule has 2 aromatic rings. The Morgan fingerprint density at radius 1 is 1.03 bits per heavy atom. The van der Waals surface area contributed by atoms with Crippen molar-refractivity contribution in [2.75, 3.05) is 23.3 Å². The van der Waals surface area contributed by atoms with Crippen LogP contribution in [0.15, 0.2) is 41.3 Å². The van der Waals surface area contributed by atoms with Crippen LogP contribution >= 0.6 is 0 Å². The summed E-state index contributed by atoms with van der Waals surface area (Å²) in [5, 5.41) is 2.95. The van der Waals surface area contributed by atoms with Crippen molar-refractivity contribution < 1.29 is 18.0 Å². The van der Waals surface area contributed by atoms with E-state index in [-0.39, 0.29) is 23.1 Å². The summed E-state index contributed by atoms with van der Waals surface area (Å²) in [7, 11) is -3.59. The average molecular weight is 456 g/mol. The molecule has 0 radical (unpaired) electrons. The van der Waals surface area contributed by atoms with Gasteiger partial charge in [0, 0.05) is 37.8 Å². The van der Waals surface area contributed by atoms with E-state index < -0.39 is 16.1 Å². The zero-order valence-electron chi connectivity index (χ0n) is 18.7. The van der Waals surface area contributed by atoms with E-state index in [0.717, 1.165) is 30.4 Å². The summed E-state index contributed by atoms with van der Waals surface area (Å²) in [6, 6.07) is 9.78. The van der Waals surface area contributed by atoms with Crippen LogP contribution in [0.4, 0.5) is 11.4 Å². The lowest BCUT2D eigenvalue weighted by Gasteiger charge is -2.26. The molecule has 0 aromatic heterocycles. The van der Waals surface area contributed by atoms with Crippen LogP contribution in [-0.4, -0.2) is 43.7 Å². The summed E-state index contributed by atoms with van der Waals surface area (Å²) in [6.45, 7) is 6.39. The molecular weight excluding hydrogens is 426 g/mol. The Kier molecular flexibility index (Phi) is 6.09. The van der Waals surface area contributed by atoms with Gasteiger partial charge in [-0.25, -0.2) is 8.42 Å². The van der Waals surface area contributed by atoms with Gasteiger partial charge in [0.25, 0.3) is 0 Å². The number of fused-ring (bicyclic) bond motifs is 1. The highest BCUT2D eigenvalue weighted by Gasteiger charge is 2.38. The highest BCUT2D eigenvalue weighted by Crippen LogP contribution is 2.35. The molecule has 1 fully saturated rings. The van der Waals surface area contributed by atoms with Crippen LogP contribution in [0.3, 0.4) is 0 Å². The van der Waals surface area contributed by atoms with Crippen molar-refractivity contribution in [2.45, 2.75) is 57.4 Å². The molecule has 2 aromatic carbocycles. The van der Waals surface area contributed by atoms with E-state index in [4.69, 9.17) is 0 Å². The SMILES string of the molecule is CC(=O)N1c2ccc(S(=O)(=O)N3CCCCC3)cc2C[C@@H]1C(=O)Nc1cccc(C)c1C. The van der Waals surface area contributed by atoms with Gasteiger partial charge in [0.15, 0.2) is 0 Å². The lowest BCUT2D eigenvalue weighted by molar-refractivity contribution is -0.122. The summed E-state index contributed by atoms with van der Waals surface area (Å²) in [6.07, 6.45) is 3.04. The molecule has 0 bridgehead atoms. The standard InChI is InChI=1S/C24H29N3O4S/c1-16-8-7-9-21(17(16)2)25-24(29)23-15-19-14-20(10-11-22(19)27(23)18(3)28)32(30,31)26-12-5-4-6-13-26/h7-11,14,23H,4-6,12-13,15H2,1-3H3,(H,25,29)/t23-/m1/s1. The maximum Gasteiger partial charge on any atom is 0.247 e. The maximum atomic E-state index is 13.2. The molecule has 2 aliphatic heterocycles. The molecule has 2 aliphatic rings. The molecule has 0 spiro atoms. The topological polar surface area (TPSA) is 86.8 Å². The van der Waals surface area contributed by atoms with Gasteiger partial charge in [0.05, 0.1) is 4.90 Å². The van der Waals surface area contributed by atoms with Gasteiger partial charge in [0.1, 0.15) is 6.04 Å². The van der Waals surface area contributed by atoms with Crippen LogP contribution in [0, 0.1) is 13.8 Å². The zero-order valence-corrected chi connectivity index (χ0v) is 19.5. The number of carbonyl (C=O) groups is 2. The Bertz CT molecular complexity index is 1170. The zero-order chi connectivity index (χ0) is 23.0. The molecule has 32 heavy (non-hydrogen) atoms. The van der Waals surface area contributed by atoms with Crippen molar-refractivity contribution in [1.82, 2.24) is 4.31 Å². The van der Waals surface area contributed by atoms with Gasteiger partial charge < -0.3 is 5.32 Å². The van der Waals surface area contributed by atoms with Crippen molar-refractivity contribution in [1.29, 1.82) is 0 Å². The molecule has 7 nitrogen and oxygen atoms in total. The number of hydrogen-bond acceptors (Lipinski definition) is 4. The van der Waals surface area contributed by atoms with Crippen molar-refractivity contribution in [3.63, 3.8) is 0 Å². The number of carbonyl (C=O) groups excluding carboxylic acids is 2. The molecule has 1 N–H and O–H groups in total. The Labute approximate surface area is 189 Å². The van der Waals surface area contributed by atoms with Gasteiger partial charge in [-0.2, -0.15) is 4.31 Å². The number of nitrogens with zero attached hydrogens (tertiary/aromatic N) is 2. The van der Waals surface area contributed by atoms with Gasteiger partial charge in [-0.05, 0) is 67.6 Å². The number of piperidine rings is 1. The van der Waals surface area contributed by atoms with Gasteiger partial charge in [0.2, 0.25) is 21.8 Å². The van der Waals surface area contributed by atoms with Crippen molar-refractivity contribution in [2.24, 2.45) is 0 Å². The first kappa shape index (κ1) is 22.5. The van der Waals surface area contributed by atoms with E-state index in [1.807, 2.05) is 32.0 Å². The first-order chi connectivity index (χ1) is 15.2. The number of anilines is 2. The van der Waals surface area contributed by atoms with Crippen molar-refractivity contribution in [3.8, 4) is 0 Å². The second-order valence-corrected chi connectivity index (χ2v) is 10.5. The minimum atomic E-state index is -3.59. The quantitative estimate of drug-likeness (QED) is 0.766. The summed E-state index contributed by atoms with van der Waals surface area (Å²) in [4.78, 5) is 27.3. The molecule has 2 amide bonds. The second kappa shape index (κ2) is 8.67. The third-order valence-electron chi connectivity index (χ3n) is 6.49. The Morgan fingerprint density at radius 2 is 1.75 bits per heavy atom. The number of nitrogens with one attached hydrogen (secondary N) is 1. The van der Waals surface area contributed by atoms with E-state index in [9.17, 15) is 18.0 Å². The molecule has 2 heterocycles. The van der Waals surface area contributed by atoms with E-state index >= 15 is 0 Å². The number of amides is 2. The van der Waals surface area contributed by atoms with Crippen LogP contribution in [-0.2, 0) is 26.0 Å². The first-order valence-electron chi connectivity index (χ1n) is 11.0. The summed E-state index contributed by atoms with van der Waals surface area (Å²) in [5.74, 6) is -0.540. The van der Waals surface area contributed by atoms with Crippen LogP contribution in [0.25, 0.3) is 0 Å². The maximum absolute atomic E-state index is 13.2. The fraction of sp³-hybridized carbons (Fsp3) is 0.417. The molecule has 0 unspecified atom stereocenters. The van der Waals surface area contributed by atoms with E-state index in [1.165, 1.54) is 16.1 Å². The monoisotopic (exact) mass is 455 g/mol. The third kappa shape index (κ3) is 4.04. The van der Waals surface area contributed by atoms with Crippen LogP contribution in [0.1, 0.15) is 42.9 Å². The van der Waals surface area contributed by atoms with Gasteiger partial charge in [-0.15, -0.1) is 0 Å². The van der Waals surface area contributed by atoms with E-state index in [0.29, 0.717) is 30.0 Å². The summed E-state index contributed by atoms with van der Waals surface area (Å²) in [5.41, 5.74) is 4.03. The van der Waals surface area contributed by atoms with Crippen LogP contribution < -0.4 is 10.2 Å². The minimum Gasteiger partial charge on any atom is -0.324 e. The Balaban J connectivity index is 1.62. The number of aryl methyl sites for hydroxylation is 1. The molecular formula is C24H29N3O4S. The molecule has 4 rings (SSSR count). The number of benzene rings is 2. The van der Waals surface area contributed by atoms with E-state index in [1.54, 1.807) is 18.2 Å². The fourth-order valence-corrected chi connectivity index (χ4v) is 6.11. The Hall–Kier alpha value is -2.71. The molecule has 0 aliphatic carbocycles. The summed E-state index contributed by atoms with van der Waals surface area (Å²) >= 11 is 0. The molecule has 170 valence electrons. The number of sulfonamides is 1. The first-order valence-corrected chi connectivity index (χ1v) is 12.4. The minimum absolute atomic E-state index is 0.220. The highest BCUT2D eigenvalue weighted by molar-refractivity contribution is 7.89. The molecule has 1 saturated heterocycles. The smallest absolute Gasteiger partial charge is 0.247 e. The van der Waals surface area contributed by atoms with Gasteiger partial charge in [-0.3, -0.25) is 14.5 Å². The molecule has 1 atom stereocenters. The van der Waals surface area contributed by atoms with Crippen molar-refractivity contribution in [3.05, 3.63) is 53.1 Å². The van der Waals surface area contributed by atoms with Gasteiger partial charge in [-0.1, -0.05) is 18.6 Å². The average Bonchev–Trinajstić information content (AvgIpc) is 3.17. The molecule has 8 heteroatoms. The predicted octanol–water partition coefficient (Wildman–Crippen LogP) is 3.39. The lowest BCUT2D eigenvalue weighted by atomic mass is 10.1. The largest absolute Gasteiger partial charge is 0.324 e.